The van der Waals surface area contributed by atoms with Gasteiger partial charge in [-0.05, 0) is 19.4 Å². The van der Waals surface area contributed by atoms with Gasteiger partial charge in [0.25, 0.3) is 5.09 Å². The summed E-state index contributed by atoms with van der Waals surface area (Å²) in [6.45, 7) is 1.07. The van der Waals surface area contributed by atoms with Crippen LogP contribution in [-0.2, 0) is 4.84 Å². The molecule has 5 heteroatoms. The minimum atomic E-state index is -0.715. The van der Waals surface area contributed by atoms with Gasteiger partial charge >= 0.3 is 0 Å². The van der Waals surface area contributed by atoms with E-state index >= 15 is 0 Å². The maximum absolute atomic E-state index is 9.89. The molecule has 0 spiro atoms. The zero-order valence-electron chi connectivity index (χ0n) is 12.1. The van der Waals surface area contributed by atoms with Gasteiger partial charge < -0.3 is 10.6 Å². The molecule has 0 aliphatic rings. The van der Waals surface area contributed by atoms with Crippen molar-refractivity contribution in [3.05, 3.63) is 10.1 Å². The Kier molecular flexibility index (Phi) is 14.5. The summed E-state index contributed by atoms with van der Waals surface area (Å²) in [4.78, 5) is 14.2. The molecule has 5 nitrogen and oxygen atoms in total. The van der Waals surface area contributed by atoms with Gasteiger partial charge in [0.2, 0.25) is 0 Å². The molecular formula is C14H30N2O3. The van der Waals surface area contributed by atoms with E-state index in [1.165, 1.54) is 57.8 Å². The Morgan fingerprint density at radius 3 is 1.47 bits per heavy atom. The highest BCUT2D eigenvalue weighted by molar-refractivity contribution is 4.49. The van der Waals surface area contributed by atoms with Gasteiger partial charge in [0.15, 0.2) is 0 Å². The van der Waals surface area contributed by atoms with E-state index in [2.05, 4.69) is 4.84 Å². The number of hydrogen-bond donors (Lipinski definition) is 1. The largest absolute Gasteiger partial charge is 0.330 e. The number of nitrogens with zero attached hydrogens (tertiary/aromatic N) is 1. The normalized spacial score (nSPS) is 10.6. The number of unbranched alkanes of at least 4 members (excludes halogenated alkanes) is 11. The molecule has 0 aliphatic carbocycles. The van der Waals surface area contributed by atoms with E-state index in [9.17, 15) is 10.1 Å². The Bertz CT molecular complexity index is 201. The Morgan fingerprint density at radius 1 is 0.737 bits per heavy atom. The lowest BCUT2D eigenvalue weighted by atomic mass is 10.1. The lowest BCUT2D eigenvalue weighted by Gasteiger charge is -2.02. The predicted molar refractivity (Wildman–Crippen MR) is 77.4 cm³/mol. The van der Waals surface area contributed by atoms with Crippen molar-refractivity contribution in [3.8, 4) is 0 Å². The minimum absolute atomic E-state index is 0.246. The van der Waals surface area contributed by atoms with Crippen molar-refractivity contribution in [2.45, 2.75) is 77.0 Å². The Balaban J connectivity index is 2.93. The lowest BCUT2D eigenvalue weighted by Crippen LogP contribution is -2.01. The average molecular weight is 274 g/mol. The van der Waals surface area contributed by atoms with Crippen molar-refractivity contribution in [1.29, 1.82) is 0 Å². The molecule has 0 aromatic carbocycles. The van der Waals surface area contributed by atoms with E-state index in [4.69, 9.17) is 5.73 Å². The summed E-state index contributed by atoms with van der Waals surface area (Å²) in [5, 5.41) is 9.18. The van der Waals surface area contributed by atoms with E-state index in [0.29, 0.717) is 0 Å². The molecule has 19 heavy (non-hydrogen) atoms. The first-order valence-electron chi connectivity index (χ1n) is 7.74. The Morgan fingerprint density at radius 2 is 1.11 bits per heavy atom. The first kappa shape index (κ1) is 18.2. The monoisotopic (exact) mass is 274 g/mol. The van der Waals surface area contributed by atoms with Gasteiger partial charge in [-0.3, -0.25) is 0 Å². The standard InChI is InChI=1S/C14H30N2O3/c15-13-11-9-7-5-3-1-2-4-6-8-10-12-14-19-16(17)18/h1-15H2. The molecule has 2 N–H and O–H groups in total. The zero-order valence-corrected chi connectivity index (χ0v) is 12.1. The quantitative estimate of drug-likeness (QED) is 0.279. The summed E-state index contributed by atoms with van der Waals surface area (Å²) >= 11 is 0. The van der Waals surface area contributed by atoms with Crippen LogP contribution in [0, 0.1) is 10.1 Å². The summed E-state index contributed by atoms with van der Waals surface area (Å²) in [5.74, 6) is 0. The minimum Gasteiger partial charge on any atom is -0.330 e. The molecule has 0 bridgehead atoms. The fraction of sp³-hybridized carbons (Fsp3) is 1.00. The van der Waals surface area contributed by atoms with Crippen molar-refractivity contribution in [2.75, 3.05) is 13.2 Å². The average Bonchev–Trinajstić information content (AvgIpc) is 2.39. The molecule has 0 aromatic rings. The van der Waals surface area contributed by atoms with Gasteiger partial charge in [0.1, 0.15) is 0 Å². The van der Waals surface area contributed by atoms with E-state index in [1.54, 1.807) is 0 Å². The molecule has 0 heterocycles. The third-order valence-corrected chi connectivity index (χ3v) is 3.30. The second-order valence-electron chi connectivity index (χ2n) is 5.09. The van der Waals surface area contributed by atoms with Crippen molar-refractivity contribution in [3.63, 3.8) is 0 Å². The van der Waals surface area contributed by atoms with Gasteiger partial charge in [-0.1, -0.05) is 64.2 Å². The van der Waals surface area contributed by atoms with Crippen LogP contribution in [0.25, 0.3) is 0 Å². The summed E-state index contributed by atoms with van der Waals surface area (Å²) in [6, 6.07) is 0. The molecule has 114 valence electrons. The molecule has 0 atom stereocenters. The summed E-state index contributed by atoms with van der Waals surface area (Å²) in [5.41, 5.74) is 5.44. The zero-order chi connectivity index (χ0) is 14.2. The van der Waals surface area contributed by atoms with Gasteiger partial charge in [0, 0.05) is 0 Å². The number of rotatable bonds is 15. The van der Waals surface area contributed by atoms with Crippen LogP contribution in [0.2, 0.25) is 0 Å². The topological polar surface area (TPSA) is 78.4 Å². The molecule has 0 saturated heterocycles. The fourth-order valence-electron chi connectivity index (χ4n) is 2.15. The van der Waals surface area contributed by atoms with E-state index in [-0.39, 0.29) is 6.61 Å². The number of nitrogens with two attached hydrogens (primary N) is 1. The Hall–Kier alpha value is -0.840. The highest BCUT2D eigenvalue weighted by Gasteiger charge is 1.95. The van der Waals surface area contributed by atoms with E-state index < -0.39 is 5.09 Å². The second kappa shape index (κ2) is 15.2. The molecule has 0 rings (SSSR count). The molecule has 0 unspecified atom stereocenters. The molecule has 0 amide bonds. The van der Waals surface area contributed by atoms with Crippen LogP contribution in [-0.4, -0.2) is 18.2 Å². The predicted octanol–water partition coefficient (Wildman–Crippen LogP) is 3.83. The smallest absolute Gasteiger partial charge is 0.294 e. The molecule has 0 radical (unpaired) electrons. The fourth-order valence-corrected chi connectivity index (χ4v) is 2.15. The SMILES string of the molecule is NCCCCCCCCCCCCCCO[N+](=O)[O-]. The first-order valence-corrected chi connectivity index (χ1v) is 7.74. The first-order chi connectivity index (χ1) is 9.27. The summed E-state index contributed by atoms with van der Waals surface area (Å²) in [6.07, 6.45) is 14.7. The van der Waals surface area contributed by atoms with Crippen LogP contribution in [0.15, 0.2) is 0 Å². The molecule has 0 fully saturated rings. The van der Waals surface area contributed by atoms with Gasteiger partial charge in [-0.2, -0.15) is 0 Å². The maximum Gasteiger partial charge on any atom is 0.294 e. The van der Waals surface area contributed by atoms with Gasteiger partial charge in [0.05, 0.1) is 6.61 Å². The summed E-state index contributed by atoms with van der Waals surface area (Å²) < 4.78 is 0. The van der Waals surface area contributed by atoms with Crippen molar-refractivity contribution >= 4 is 0 Å². The van der Waals surface area contributed by atoms with E-state index in [1.807, 2.05) is 0 Å². The molecular weight excluding hydrogens is 244 g/mol. The highest BCUT2D eigenvalue weighted by Crippen LogP contribution is 2.11. The van der Waals surface area contributed by atoms with Crippen LogP contribution < -0.4 is 5.73 Å². The van der Waals surface area contributed by atoms with Crippen LogP contribution in [0.5, 0.6) is 0 Å². The molecule has 0 aromatic heterocycles. The molecule has 0 aliphatic heterocycles. The molecule has 0 saturated carbocycles. The van der Waals surface area contributed by atoms with Crippen LogP contribution in [0.3, 0.4) is 0 Å². The lowest BCUT2D eigenvalue weighted by molar-refractivity contribution is -0.757. The van der Waals surface area contributed by atoms with E-state index in [0.717, 1.165) is 25.8 Å². The van der Waals surface area contributed by atoms with Gasteiger partial charge in [-0.15, -0.1) is 10.1 Å². The van der Waals surface area contributed by atoms with Crippen molar-refractivity contribution in [1.82, 2.24) is 0 Å². The van der Waals surface area contributed by atoms with Crippen LogP contribution >= 0.6 is 0 Å². The van der Waals surface area contributed by atoms with Crippen LogP contribution in [0.1, 0.15) is 77.0 Å². The maximum atomic E-state index is 9.89. The third-order valence-electron chi connectivity index (χ3n) is 3.30. The number of hydrogen-bond acceptors (Lipinski definition) is 4. The van der Waals surface area contributed by atoms with Crippen LogP contribution in [0.4, 0.5) is 0 Å². The van der Waals surface area contributed by atoms with Crippen molar-refractivity contribution in [2.24, 2.45) is 5.73 Å². The summed E-state index contributed by atoms with van der Waals surface area (Å²) in [7, 11) is 0. The highest BCUT2D eigenvalue weighted by atomic mass is 16.9. The second-order valence-corrected chi connectivity index (χ2v) is 5.09. The third kappa shape index (κ3) is 17.2. The van der Waals surface area contributed by atoms with Crippen molar-refractivity contribution < 1.29 is 9.92 Å². The Labute approximate surface area is 117 Å². The van der Waals surface area contributed by atoms with Gasteiger partial charge in [-0.25, -0.2) is 0 Å².